The third kappa shape index (κ3) is 4.39. The molecule has 0 radical (unpaired) electrons. The molecular formula is C18H14Br2ClFN4. The summed E-state index contributed by atoms with van der Waals surface area (Å²) in [5, 5.41) is 6.11. The van der Waals surface area contributed by atoms with Gasteiger partial charge >= 0.3 is 0 Å². The zero-order chi connectivity index (χ0) is 18.5. The lowest BCUT2D eigenvalue weighted by Gasteiger charge is -2.09. The number of alkyl halides is 2. The van der Waals surface area contributed by atoms with Crippen molar-refractivity contribution in [3.8, 4) is 0 Å². The molecule has 0 unspecified atom stereocenters. The van der Waals surface area contributed by atoms with Crippen LogP contribution in [0.2, 0.25) is 5.02 Å². The average molecular weight is 501 g/mol. The molecular weight excluding hydrogens is 486 g/mol. The van der Waals surface area contributed by atoms with Crippen molar-refractivity contribution in [3.63, 3.8) is 0 Å². The van der Waals surface area contributed by atoms with Gasteiger partial charge in [0.1, 0.15) is 11.7 Å². The Labute approximate surface area is 172 Å². The van der Waals surface area contributed by atoms with Crippen molar-refractivity contribution in [2.24, 2.45) is 15.1 Å². The number of benzene rings is 2. The number of hydrazone groups is 1. The molecule has 26 heavy (non-hydrogen) atoms. The van der Waals surface area contributed by atoms with Crippen LogP contribution in [-0.4, -0.2) is 34.5 Å². The summed E-state index contributed by atoms with van der Waals surface area (Å²) in [6.45, 7) is 0.247. The molecule has 0 amide bonds. The second-order valence-corrected chi connectivity index (χ2v) is 6.98. The predicted molar refractivity (Wildman–Crippen MR) is 114 cm³/mol. The normalized spacial score (nSPS) is 13.2. The zero-order valence-electron chi connectivity index (χ0n) is 13.5. The number of nitrogens with zero attached hydrogens (tertiary/aromatic N) is 3. The van der Waals surface area contributed by atoms with E-state index in [4.69, 9.17) is 11.6 Å². The number of halogens is 4. The van der Waals surface area contributed by atoms with E-state index >= 15 is 0 Å². The van der Waals surface area contributed by atoms with Crippen LogP contribution in [0.3, 0.4) is 0 Å². The van der Waals surface area contributed by atoms with E-state index < -0.39 is 0 Å². The topological polar surface area (TPSA) is 49.1 Å². The predicted octanol–water partition coefficient (Wildman–Crippen LogP) is 5.10. The maximum absolute atomic E-state index is 14.3. The Balaban J connectivity index is 2.05. The lowest BCUT2D eigenvalue weighted by molar-refractivity contribution is 0.625. The van der Waals surface area contributed by atoms with Crippen LogP contribution in [0.1, 0.15) is 11.1 Å². The van der Waals surface area contributed by atoms with Crippen molar-refractivity contribution in [2.45, 2.75) is 0 Å². The van der Waals surface area contributed by atoms with E-state index in [-0.39, 0.29) is 12.4 Å². The minimum absolute atomic E-state index is 0.247. The van der Waals surface area contributed by atoms with Gasteiger partial charge in [0.25, 0.3) is 0 Å². The Morgan fingerprint density at radius 3 is 2.65 bits per heavy atom. The van der Waals surface area contributed by atoms with Crippen LogP contribution in [0, 0.1) is 5.82 Å². The molecule has 2 aromatic rings. The highest BCUT2D eigenvalue weighted by molar-refractivity contribution is 9.10. The van der Waals surface area contributed by atoms with Crippen molar-refractivity contribution in [1.82, 2.24) is 5.43 Å². The molecule has 0 spiro atoms. The number of amidine groups is 1. The van der Waals surface area contributed by atoms with Crippen molar-refractivity contribution in [2.75, 3.05) is 17.2 Å². The van der Waals surface area contributed by atoms with Gasteiger partial charge in [-0.25, -0.2) is 9.38 Å². The summed E-state index contributed by atoms with van der Waals surface area (Å²) in [5.74, 6) is 0.229. The number of rotatable bonds is 4. The van der Waals surface area contributed by atoms with Crippen molar-refractivity contribution >= 4 is 66.4 Å². The molecule has 2 aromatic carbocycles. The van der Waals surface area contributed by atoms with Gasteiger partial charge in [0.15, 0.2) is 0 Å². The van der Waals surface area contributed by atoms with Gasteiger partial charge in [-0.3, -0.25) is 10.4 Å². The van der Waals surface area contributed by atoms with E-state index in [9.17, 15) is 4.39 Å². The maximum Gasteiger partial charge on any atom is 0.144 e. The molecule has 134 valence electrons. The molecule has 0 bridgehead atoms. The lowest BCUT2D eigenvalue weighted by Crippen LogP contribution is -2.23. The fourth-order valence-electron chi connectivity index (χ4n) is 2.40. The second kappa shape index (κ2) is 8.88. The third-order valence-electron chi connectivity index (χ3n) is 3.64. The second-order valence-electron chi connectivity index (χ2n) is 5.42. The summed E-state index contributed by atoms with van der Waals surface area (Å²) in [6, 6.07) is 11.8. The van der Waals surface area contributed by atoms with Crippen LogP contribution in [0.5, 0.6) is 0 Å². The lowest BCUT2D eigenvalue weighted by atomic mass is 10.0. The van der Waals surface area contributed by atoms with E-state index in [1.54, 1.807) is 36.4 Å². The molecule has 0 saturated heterocycles. The van der Waals surface area contributed by atoms with Crippen molar-refractivity contribution < 1.29 is 4.39 Å². The highest BCUT2D eigenvalue weighted by Crippen LogP contribution is 2.29. The van der Waals surface area contributed by atoms with E-state index in [1.165, 1.54) is 6.07 Å². The van der Waals surface area contributed by atoms with Gasteiger partial charge in [-0.15, -0.1) is 0 Å². The molecule has 0 atom stereocenters. The molecule has 3 rings (SSSR count). The first kappa shape index (κ1) is 19.2. The van der Waals surface area contributed by atoms with E-state index in [2.05, 4.69) is 52.4 Å². The van der Waals surface area contributed by atoms with Crippen LogP contribution >= 0.6 is 43.5 Å². The molecule has 0 saturated carbocycles. The average Bonchev–Trinajstić information content (AvgIpc) is 2.82. The summed E-state index contributed by atoms with van der Waals surface area (Å²) in [5.41, 5.74) is 6.11. The quantitative estimate of drug-likeness (QED) is 0.355. The van der Waals surface area contributed by atoms with E-state index in [1.807, 2.05) is 0 Å². The molecule has 1 aliphatic heterocycles. The number of hydrogen-bond donors (Lipinski definition) is 1. The highest BCUT2D eigenvalue weighted by atomic mass is 79.9. The first-order valence-corrected chi connectivity index (χ1v) is 10.3. The fourth-order valence-corrected chi connectivity index (χ4v) is 3.75. The molecule has 0 aromatic heterocycles. The Bertz CT molecular complexity index is 906. The van der Waals surface area contributed by atoms with Gasteiger partial charge in [-0.2, -0.15) is 5.10 Å². The van der Waals surface area contributed by atoms with Gasteiger partial charge in [-0.05, 0) is 30.3 Å². The van der Waals surface area contributed by atoms with Crippen molar-refractivity contribution in [1.29, 1.82) is 0 Å². The molecule has 8 heteroatoms. The largest absolute Gasteiger partial charge is 0.276 e. The first-order chi connectivity index (χ1) is 12.6. The molecule has 4 nitrogen and oxygen atoms in total. The molecule has 1 aliphatic rings. The number of nitrogens with one attached hydrogen (secondary N) is 1. The van der Waals surface area contributed by atoms with Crippen LogP contribution < -0.4 is 5.43 Å². The zero-order valence-corrected chi connectivity index (χ0v) is 17.4. The Morgan fingerprint density at radius 2 is 1.92 bits per heavy atom. The Hall–Kier alpha value is -1.57. The Morgan fingerprint density at radius 1 is 1.15 bits per heavy atom. The summed E-state index contributed by atoms with van der Waals surface area (Å²) in [4.78, 5) is 9.18. The first-order valence-electron chi connectivity index (χ1n) is 7.72. The van der Waals surface area contributed by atoms with Crippen LogP contribution in [0.4, 0.5) is 10.1 Å². The highest BCUT2D eigenvalue weighted by Gasteiger charge is 2.19. The van der Waals surface area contributed by atoms with Crippen molar-refractivity contribution in [3.05, 3.63) is 64.4 Å². The van der Waals surface area contributed by atoms with Crippen LogP contribution in [0.15, 0.2) is 57.6 Å². The summed E-state index contributed by atoms with van der Waals surface area (Å²) in [7, 11) is 0. The van der Waals surface area contributed by atoms with Gasteiger partial charge in [-0.1, -0.05) is 55.6 Å². The van der Waals surface area contributed by atoms with Gasteiger partial charge in [0.2, 0.25) is 0 Å². The Kier molecular flexibility index (Phi) is 6.56. The van der Waals surface area contributed by atoms with Crippen LogP contribution in [-0.2, 0) is 0 Å². The van der Waals surface area contributed by atoms with Gasteiger partial charge < -0.3 is 0 Å². The number of hydrogen-bond acceptors (Lipinski definition) is 4. The number of aliphatic imine (C=N–C) groups is 2. The minimum Gasteiger partial charge on any atom is -0.276 e. The SMILES string of the molecule is Fc1ccccc1C1=NCC(NN=C(CBr)CBr)=Nc2ccc(Cl)cc21. The van der Waals surface area contributed by atoms with Gasteiger partial charge in [0.05, 0.1) is 23.7 Å². The summed E-state index contributed by atoms with van der Waals surface area (Å²) in [6.07, 6.45) is 0. The molecule has 1 heterocycles. The summed E-state index contributed by atoms with van der Waals surface area (Å²) < 4.78 is 14.3. The smallest absolute Gasteiger partial charge is 0.144 e. The maximum atomic E-state index is 14.3. The molecule has 1 N–H and O–H groups in total. The van der Waals surface area contributed by atoms with Gasteiger partial charge in [0, 0.05) is 26.8 Å². The fraction of sp³-hybridized carbons (Fsp3) is 0.167. The molecule has 0 fully saturated rings. The standard InChI is InChI=1S/C18H14Br2ClFN4/c19-8-12(9-20)25-26-17-10-23-18(13-3-1-2-4-15(13)22)14-7-11(21)5-6-16(14)24-17/h1-7H,8-10H2,(H,24,26). The van der Waals surface area contributed by atoms with Crippen LogP contribution in [0.25, 0.3) is 0 Å². The van der Waals surface area contributed by atoms with E-state index in [0.717, 1.165) is 5.71 Å². The number of fused-ring (bicyclic) bond motifs is 1. The molecule has 0 aliphatic carbocycles. The van der Waals surface area contributed by atoms with E-state index in [0.29, 0.717) is 44.0 Å². The third-order valence-corrected chi connectivity index (χ3v) is 5.17. The summed E-state index contributed by atoms with van der Waals surface area (Å²) >= 11 is 12.9. The monoisotopic (exact) mass is 498 g/mol. The minimum atomic E-state index is -0.340.